The van der Waals surface area contributed by atoms with Crippen molar-refractivity contribution in [3.8, 4) is 0 Å². The van der Waals surface area contributed by atoms with Crippen molar-refractivity contribution in [1.82, 2.24) is 15.6 Å². The van der Waals surface area contributed by atoms with Crippen LogP contribution in [0.15, 0.2) is 24.5 Å². The average Bonchev–Trinajstić information content (AvgIpc) is 2.34. The van der Waals surface area contributed by atoms with Crippen LogP contribution >= 0.6 is 0 Å². The topological polar surface area (TPSA) is 71.1 Å². The molecule has 0 radical (unpaired) electrons. The number of unbranched alkanes of at least 4 members (excludes halogenated alkanes) is 1. The zero-order valence-corrected chi connectivity index (χ0v) is 9.90. The fourth-order valence-electron chi connectivity index (χ4n) is 1.32. The maximum Gasteiger partial charge on any atom is 0.251 e. The molecular weight excluding hydrogens is 218 g/mol. The molecule has 0 saturated heterocycles. The van der Waals surface area contributed by atoms with Gasteiger partial charge in [-0.2, -0.15) is 0 Å². The molecule has 0 saturated carbocycles. The van der Waals surface area contributed by atoms with Crippen LogP contribution in [0.5, 0.6) is 0 Å². The van der Waals surface area contributed by atoms with E-state index in [2.05, 4.69) is 15.6 Å². The summed E-state index contributed by atoms with van der Waals surface area (Å²) in [5.41, 5.74) is 0.613. The Kier molecular flexibility index (Phi) is 5.71. The molecule has 0 aliphatic heterocycles. The minimum atomic E-state index is -0.0908. The third-order valence-corrected chi connectivity index (χ3v) is 2.21. The zero-order chi connectivity index (χ0) is 12.5. The minimum Gasteiger partial charge on any atom is -0.356 e. The molecule has 0 aliphatic rings. The van der Waals surface area contributed by atoms with Crippen molar-refractivity contribution in [1.29, 1.82) is 0 Å². The van der Waals surface area contributed by atoms with Crippen molar-refractivity contribution in [2.45, 2.75) is 19.8 Å². The maximum atomic E-state index is 11.6. The maximum absolute atomic E-state index is 11.6. The Labute approximate surface area is 101 Å². The van der Waals surface area contributed by atoms with Crippen LogP contribution in [0.4, 0.5) is 0 Å². The van der Waals surface area contributed by atoms with E-state index in [0.29, 0.717) is 18.7 Å². The van der Waals surface area contributed by atoms with E-state index in [1.54, 1.807) is 24.5 Å². The van der Waals surface area contributed by atoms with E-state index >= 15 is 0 Å². The van der Waals surface area contributed by atoms with Crippen LogP contribution in [0.1, 0.15) is 30.1 Å². The van der Waals surface area contributed by atoms with Crippen LogP contribution in [0, 0.1) is 0 Å². The lowest BCUT2D eigenvalue weighted by Crippen LogP contribution is -2.26. The molecule has 1 heterocycles. The number of pyridine rings is 1. The molecule has 5 heteroatoms. The molecule has 0 fully saturated rings. The number of amides is 2. The first kappa shape index (κ1) is 13.2. The fraction of sp³-hybridized carbons (Fsp3) is 0.417. The third-order valence-electron chi connectivity index (χ3n) is 2.21. The fourth-order valence-corrected chi connectivity index (χ4v) is 1.32. The summed E-state index contributed by atoms with van der Waals surface area (Å²) >= 11 is 0. The molecular formula is C12H17N3O2. The van der Waals surface area contributed by atoms with E-state index in [1.807, 2.05) is 0 Å². The summed E-state index contributed by atoms with van der Waals surface area (Å²) in [5.74, 6) is -0.113. The normalized spacial score (nSPS) is 9.71. The van der Waals surface area contributed by atoms with E-state index in [-0.39, 0.29) is 11.8 Å². The predicted molar refractivity (Wildman–Crippen MR) is 64.5 cm³/mol. The Morgan fingerprint density at radius 2 is 1.71 bits per heavy atom. The first-order valence-electron chi connectivity index (χ1n) is 5.63. The molecule has 1 aromatic heterocycles. The van der Waals surface area contributed by atoms with Gasteiger partial charge in [0.05, 0.1) is 0 Å². The van der Waals surface area contributed by atoms with Gasteiger partial charge in [-0.1, -0.05) is 0 Å². The molecule has 0 bridgehead atoms. The van der Waals surface area contributed by atoms with Gasteiger partial charge in [-0.3, -0.25) is 14.6 Å². The molecule has 0 atom stereocenters. The van der Waals surface area contributed by atoms with Gasteiger partial charge in [0.2, 0.25) is 5.91 Å². The highest BCUT2D eigenvalue weighted by atomic mass is 16.2. The van der Waals surface area contributed by atoms with Crippen molar-refractivity contribution < 1.29 is 9.59 Å². The number of rotatable bonds is 6. The first-order chi connectivity index (χ1) is 8.20. The summed E-state index contributed by atoms with van der Waals surface area (Å²) in [6.45, 7) is 2.76. The number of nitrogens with one attached hydrogen (secondary N) is 2. The smallest absolute Gasteiger partial charge is 0.251 e. The second-order valence-corrected chi connectivity index (χ2v) is 3.68. The van der Waals surface area contributed by atoms with E-state index in [9.17, 15) is 9.59 Å². The van der Waals surface area contributed by atoms with Crippen LogP contribution in [0.3, 0.4) is 0 Å². The molecule has 0 aliphatic carbocycles. The van der Waals surface area contributed by atoms with Gasteiger partial charge < -0.3 is 10.6 Å². The van der Waals surface area contributed by atoms with Crippen LogP contribution in [-0.4, -0.2) is 29.9 Å². The molecule has 17 heavy (non-hydrogen) atoms. The summed E-state index contributed by atoms with van der Waals surface area (Å²) in [6, 6.07) is 3.35. The zero-order valence-electron chi connectivity index (χ0n) is 9.90. The van der Waals surface area contributed by atoms with Crippen molar-refractivity contribution in [2.24, 2.45) is 0 Å². The number of nitrogens with zero attached hydrogens (tertiary/aromatic N) is 1. The number of hydrogen-bond acceptors (Lipinski definition) is 3. The van der Waals surface area contributed by atoms with Gasteiger partial charge in [0, 0.05) is 38.0 Å². The van der Waals surface area contributed by atoms with Gasteiger partial charge in [-0.25, -0.2) is 0 Å². The molecule has 5 nitrogen and oxygen atoms in total. The van der Waals surface area contributed by atoms with E-state index in [4.69, 9.17) is 0 Å². The summed E-state index contributed by atoms with van der Waals surface area (Å²) in [7, 11) is 0. The SMILES string of the molecule is CC(=O)NCCCCNC(=O)c1ccncc1. The summed E-state index contributed by atoms with van der Waals surface area (Å²) < 4.78 is 0. The standard InChI is InChI=1S/C12H17N3O2/c1-10(16)14-6-2-3-7-15-12(17)11-4-8-13-9-5-11/h4-5,8-9H,2-3,6-7H2,1H3,(H,14,16)(H,15,17). The largest absolute Gasteiger partial charge is 0.356 e. The Balaban J connectivity index is 2.11. The van der Waals surface area contributed by atoms with Gasteiger partial charge in [-0.05, 0) is 25.0 Å². The molecule has 2 N–H and O–H groups in total. The highest BCUT2D eigenvalue weighted by Crippen LogP contribution is 1.95. The lowest BCUT2D eigenvalue weighted by Gasteiger charge is -2.05. The Morgan fingerprint density at radius 1 is 1.12 bits per heavy atom. The lowest BCUT2D eigenvalue weighted by molar-refractivity contribution is -0.118. The third kappa shape index (κ3) is 5.65. The van der Waals surface area contributed by atoms with Crippen molar-refractivity contribution in [3.63, 3.8) is 0 Å². The van der Waals surface area contributed by atoms with Crippen molar-refractivity contribution >= 4 is 11.8 Å². The molecule has 1 rings (SSSR count). The Morgan fingerprint density at radius 3 is 2.29 bits per heavy atom. The van der Waals surface area contributed by atoms with Crippen LogP contribution in [0.2, 0.25) is 0 Å². The number of carbonyl (C=O) groups excluding carboxylic acids is 2. The number of aromatic nitrogens is 1. The molecule has 0 aromatic carbocycles. The summed E-state index contributed by atoms with van der Waals surface area (Å²) in [4.78, 5) is 26.0. The molecule has 92 valence electrons. The van der Waals surface area contributed by atoms with Crippen LogP contribution in [-0.2, 0) is 4.79 Å². The molecule has 0 unspecified atom stereocenters. The number of hydrogen-bond donors (Lipinski definition) is 2. The van der Waals surface area contributed by atoms with Gasteiger partial charge in [-0.15, -0.1) is 0 Å². The first-order valence-corrected chi connectivity index (χ1v) is 5.63. The van der Waals surface area contributed by atoms with Gasteiger partial charge in [0.25, 0.3) is 5.91 Å². The molecule has 1 aromatic rings. The van der Waals surface area contributed by atoms with Crippen LogP contribution in [0.25, 0.3) is 0 Å². The van der Waals surface area contributed by atoms with Gasteiger partial charge >= 0.3 is 0 Å². The predicted octanol–water partition coefficient (Wildman–Crippen LogP) is 0.728. The highest BCUT2D eigenvalue weighted by Gasteiger charge is 2.02. The Hall–Kier alpha value is -1.91. The molecule has 0 spiro atoms. The Bertz CT molecular complexity index is 365. The lowest BCUT2D eigenvalue weighted by atomic mass is 10.2. The number of carbonyl (C=O) groups is 2. The van der Waals surface area contributed by atoms with E-state index in [0.717, 1.165) is 12.8 Å². The summed E-state index contributed by atoms with van der Waals surface area (Å²) in [6.07, 6.45) is 4.88. The van der Waals surface area contributed by atoms with Crippen LogP contribution < -0.4 is 10.6 Å². The average molecular weight is 235 g/mol. The summed E-state index contributed by atoms with van der Waals surface area (Å²) in [5, 5.41) is 5.51. The monoisotopic (exact) mass is 235 g/mol. The highest BCUT2D eigenvalue weighted by molar-refractivity contribution is 5.93. The quantitative estimate of drug-likeness (QED) is 0.714. The second kappa shape index (κ2) is 7.38. The van der Waals surface area contributed by atoms with Gasteiger partial charge in [0.1, 0.15) is 0 Å². The van der Waals surface area contributed by atoms with E-state index < -0.39 is 0 Å². The minimum absolute atomic E-state index is 0.0224. The van der Waals surface area contributed by atoms with Crippen molar-refractivity contribution in [3.05, 3.63) is 30.1 Å². The molecule has 2 amide bonds. The van der Waals surface area contributed by atoms with Crippen molar-refractivity contribution in [2.75, 3.05) is 13.1 Å². The second-order valence-electron chi connectivity index (χ2n) is 3.68. The van der Waals surface area contributed by atoms with E-state index in [1.165, 1.54) is 6.92 Å². The van der Waals surface area contributed by atoms with Gasteiger partial charge in [0.15, 0.2) is 0 Å².